The molecule has 2 rings (SSSR count). The van der Waals surface area contributed by atoms with Crippen molar-refractivity contribution in [2.24, 2.45) is 11.8 Å². The number of carbonyl (C=O) groups is 2. The van der Waals surface area contributed by atoms with Crippen LogP contribution < -0.4 is 10.1 Å². The lowest BCUT2D eigenvalue weighted by Gasteiger charge is -2.29. The highest BCUT2D eigenvalue weighted by molar-refractivity contribution is 6.01. The maximum absolute atomic E-state index is 13.2. The second-order valence-corrected chi connectivity index (χ2v) is 6.60. The summed E-state index contributed by atoms with van der Waals surface area (Å²) < 4.78 is 10.4. The van der Waals surface area contributed by atoms with Gasteiger partial charge in [-0.05, 0) is 37.1 Å². The fraction of sp³-hybridized carbons (Fsp3) is 0.364. The number of Topliss-reactive ketones (excluding diaryl/α,β-unsaturated/α-hetero) is 1. The molecule has 0 unspecified atom stereocenters. The predicted molar refractivity (Wildman–Crippen MR) is 106 cm³/mol. The monoisotopic (exact) mass is 369 g/mol. The van der Waals surface area contributed by atoms with Gasteiger partial charge in [0.25, 0.3) is 0 Å². The van der Waals surface area contributed by atoms with E-state index >= 15 is 0 Å². The molecule has 144 valence electrons. The van der Waals surface area contributed by atoms with Gasteiger partial charge in [-0.2, -0.15) is 0 Å². The van der Waals surface area contributed by atoms with E-state index in [9.17, 15) is 9.59 Å². The lowest BCUT2D eigenvalue weighted by molar-refractivity contribution is -0.145. The molecule has 0 aromatic heterocycles. The molecule has 0 bridgehead atoms. The number of anilines is 1. The van der Waals surface area contributed by atoms with E-state index < -0.39 is 17.9 Å². The molecule has 0 saturated heterocycles. The number of benzene rings is 2. The normalized spacial score (nSPS) is 12.9. The highest BCUT2D eigenvalue weighted by atomic mass is 16.5. The third kappa shape index (κ3) is 5.33. The van der Waals surface area contributed by atoms with E-state index in [2.05, 4.69) is 5.32 Å². The van der Waals surface area contributed by atoms with Crippen LogP contribution in [0.1, 0.15) is 31.1 Å². The van der Waals surface area contributed by atoms with E-state index in [0.717, 1.165) is 5.69 Å². The van der Waals surface area contributed by atoms with Crippen molar-refractivity contribution in [1.82, 2.24) is 0 Å². The SMILES string of the molecule is CCOC(=O)[C@H](Nc1ccc(OC)cc1)[C@H](C(=O)c1ccccc1)C(C)C. The first-order valence-corrected chi connectivity index (χ1v) is 9.14. The van der Waals surface area contributed by atoms with E-state index in [1.165, 1.54) is 0 Å². The van der Waals surface area contributed by atoms with Crippen LogP contribution in [0, 0.1) is 11.8 Å². The minimum atomic E-state index is -0.786. The highest BCUT2D eigenvalue weighted by Crippen LogP contribution is 2.26. The first-order valence-electron chi connectivity index (χ1n) is 9.14. The van der Waals surface area contributed by atoms with Gasteiger partial charge in [-0.25, -0.2) is 4.79 Å². The third-order valence-electron chi connectivity index (χ3n) is 4.39. The standard InChI is InChI=1S/C22H27NO4/c1-5-27-22(25)20(23-17-11-13-18(26-4)14-12-17)19(15(2)3)21(24)16-9-7-6-8-10-16/h6-15,19-20,23H,5H2,1-4H3/t19-,20-/m1/s1. The lowest BCUT2D eigenvalue weighted by Crippen LogP contribution is -2.44. The summed E-state index contributed by atoms with van der Waals surface area (Å²) in [5, 5.41) is 3.20. The minimum Gasteiger partial charge on any atom is -0.497 e. The summed E-state index contributed by atoms with van der Waals surface area (Å²) in [5.74, 6) is -0.415. The minimum absolute atomic E-state index is 0.0575. The van der Waals surface area contributed by atoms with E-state index in [4.69, 9.17) is 9.47 Å². The molecule has 0 saturated carbocycles. The van der Waals surface area contributed by atoms with Crippen molar-refractivity contribution < 1.29 is 19.1 Å². The van der Waals surface area contributed by atoms with E-state index in [1.807, 2.05) is 44.2 Å². The number of esters is 1. The first-order chi connectivity index (χ1) is 13.0. The molecule has 0 aliphatic carbocycles. The third-order valence-corrected chi connectivity index (χ3v) is 4.39. The number of hydrogen-bond donors (Lipinski definition) is 1. The summed E-state index contributed by atoms with van der Waals surface area (Å²) in [7, 11) is 1.59. The van der Waals surface area contributed by atoms with Crippen LogP contribution in [-0.4, -0.2) is 31.5 Å². The molecule has 0 amide bonds. The Kier molecular flexibility index (Phi) is 7.41. The van der Waals surface area contributed by atoms with Crippen LogP contribution in [0.25, 0.3) is 0 Å². The zero-order valence-electron chi connectivity index (χ0n) is 16.3. The number of hydrogen-bond acceptors (Lipinski definition) is 5. The van der Waals surface area contributed by atoms with Gasteiger partial charge >= 0.3 is 5.97 Å². The van der Waals surface area contributed by atoms with Crippen LogP contribution in [0.4, 0.5) is 5.69 Å². The second-order valence-electron chi connectivity index (χ2n) is 6.60. The molecule has 2 aromatic carbocycles. The molecular formula is C22H27NO4. The molecule has 5 heteroatoms. The van der Waals surface area contributed by atoms with Crippen molar-refractivity contribution in [3.05, 3.63) is 60.2 Å². The van der Waals surface area contributed by atoms with Crippen molar-refractivity contribution in [3.63, 3.8) is 0 Å². The summed E-state index contributed by atoms with van der Waals surface area (Å²) in [4.78, 5) is 25.9. The first kappa shape index (κ1) is 20.5. The zero-order chi connectivity index (χ0) is 19.8. The van der Waals surface area contributed by atoms with Crippen molar-refractivity contribution >= 4 is 17.4 Å². The zero-order valence-corrected chi connectivity index (χ0v) is 16.3. The summed E-state index contributed by atoms with van der Waals surface area (Å²) >= 11 is 0. The van der Waals surface area contributed by atoms with Crippen molar-refractivity contribution in [2.75, 3.05) is 19.0 Å². The smallest absolute Gasteiger partial charge is 0.329 e. The summed E-state index contributed by atoms with van der Waals surface area (Å²) in [6.45, 7) is 5.89. The molecule has 0 spiro atoms. The molecule has 27 heavy (non-hydrogen) atoms. The quantitative estimate of drug-likeness (QED) is 0.530. The average molecular weight is 369 g/mol. The molecule has 2 aromatic rings. The number of carbonyl (C=O) groups excluding carboxylic acids is 2. The van der Waals surface area contributed by atoms with E-state index in [1.54, 1.807) is 38.3 Å². The maximum Gasteiger partial charge on any atom is 0.329 e. The van der Waals surface area contributed by atoms with Crippen LogP contribution in [0.2, 0.25) is 0 Å². The Morgan fingerprint density at radius 1 is 1.00 bits per heavy atom. The van der Waals surface area contributed by atoms with Gasteiger partial charge < -0.3 is 14.8 Å². The number of ketones is 1. The van der Waals surface area contributed by atoms with Gasteiger partial charge in [0.05, 0.1) is 19.6 Å². The Balaban J connectivity index is 2.35. The molecule has 1 N–H and O–H groups in total. The Morgan fingerprint density at radius 2 is 1.63 bits per heavy atom. The molecule has 2 atom stereocenters. The molecule has 0 heterocycles. The van der Waals surface area contributed by atoms with Gasteiger partial charge in [0.15, 0.2) is 5.78 Å². The summed E-state index contributed by atoms with van der Waals surface area (Å²) in [6.07, 6.45) is 0. The topological polar surface area (TPSA) is 64.6 Å². The fourth-order valence-electron chi connectivity index (χ4n) is 3.03. The van der Waals surface area contributed by atoms with Gasteiger partial charge in [-0.1, -0.05) is 44.2 Å². The molecular weight excluding hydrogens is 342 g/mol. The van der Waals surface area contributed by atoms with Crippen LogP contribution >= 0.6 is 0 Å². The highest BCUT2D eigenvalue weighted by Gasteiger charge is 2.37. The Morgan fingerprint density at radius 3 is 2.15 bits per heavy atom. The Labute approximate surface area is 160 Å². The lowest BCUT2D eigenvalue weighted by atomic mass is 9.82. The van der Waals surface area contributed by atoms with Crippen molar-refractivity contribution in [1.29, 1.82) is 0 Å². The summed E-state index contributed by atoms with van der Waals surface area (Å²) in [5.41, 5.74) is 1.31. The van der Waals surface area contributed by atoms with Gasteiger partial charge in [0, 0.05) is 11.3 Å². The molecule has 0 aliphatic heterocycles. The van der Waals surface area contributed by atoms with E-state index in [0.29, 0.717) is 11.3 Å². The Hall–Kier alpha value is -2.82. The predicted octanol–water partition coefficient (Wildman–Crippen LogP) is 4.19. The number of rotatable bonds is 9. The van der Waals surface area contributed by atoms with Crippen LogP contribution in [0.5, 0.6) is 5.75 Å². The number of nitrogens with one attached hydrogen (secondary N) is 1. The van der Waals surface area contributed by atoms with Gasteiger partial charge in [0.2, 0.25) is 0 Å². The van der Waals surface area contributed by atoms with Crippen LogP contribution in [-0.2, 0) is 9.53 Å². The molecule has 0 radical (unpaired) electrons. The Bertz CT molecular complexity index is 741. The molecule has 0 aliphatic rings. The average Bonchev–Trinajstić information content (AvgIpc) is 2.68. The maximum atomic E-state index is 13.2. The van der Waals surface area contributed by atoms with Crippen molar-refractivity contribution in [3.8, 4) is 5.75 Å². The van der Waals surface area contributed by atoms with Gasteiger partial charge in [0.1, 0.15) is 11.8 Å². The molecule has 5 nitrogen and oxygen atoms in total. The van der Waals surface area contributed by atoms with Crippen molar-refractivity contribution in [2.45, 2.75) is 26.8 Å². The largest absolute Gasteiger partial charge is 0.497 e. The van der Waals surface area contributed by atoms with Crippen LogP contribution in [0.3, 0.4) is 0 Å². The van der Waals surface area contributed by atoms with Gasteiger partial charge in [-0.15, -0.1) is 0 Å². The van der Waals surface area contributed by atoms with E-state index in [-0.39, 0.29) is 18.3 Å². The summed E-state index contributed by atoms with van der Waals surface area (Å²) in [6, 6.07) is 15.5. The second kappa shape index (κ2) is 9.76. The number of ether oxygens (including phenoxy) is 2. The molecule has 0 fully saturated rings. The fourth-order valence-corrected chi connectivity index (χ4v) is 3.03. The van der Waals surface area contributed by atoms with Crippen LogP contribution in [0.15, 0.2) is 54.6 Å². The van der Waals surface area contributed by atoms with Gasteiger partial charge in [-0.3, -0.25) is 4.79 Å². The number of methoxy groups -OCH3 is 1.